The van der Waals surface area contributed by atoms with Gasteiger partial charge < -0.3 is 19.8 Å². The van der Waals surface area contributed by atoms with E-state index >= 15 is 0 Å². The largest absolute Gasteiger partial charge is 0.472 e. The predicted molar refractivity (Wildman–Crippen MR) is 285 cm³/mol. The lowest BCUT2D eigenvalue weighted by molar-refractivity contribution is -0.870. The number of aliphatic hydroxyl groups excluding tert-OH is 1. The van der Waals surface area contributed by atoms with Crippen LogP contribution in [-0.4, -0.2) is 73.4 Å². The average molecular weight is 936 g/mol. The van der Waals surface area contributed by atoms with Crippen LogP contribution in [0.4, 0.5) is 0 Å². The van der Waals surface area contributed by atoms with Gasteiger partial charge in [0.1, 0.15) is 13.2 Å². The summed E-state index contributed by atoms with van der Waals surface area (Å²) < 4.78 is 23.5. The van der Waals surface area contributed by atoms with Crippen LogP contribution < -0.4 is 5.32 Å². The van der Waals surface area contributed by atoms with Crippen molar-refractivity contribution >= 4 is 13.7 Å². The standard InChI is InChI=1S/C57H95N2O6P/c1-6-8-10-12-14-16-18-19-20-21-22-23-24-25-26-27-28-29-30-31-32-33-34-35-36-37-38-39-41-43-45-47-49-51-57(61)58-55(54-65-66(62,63)64-53-52-59(3,4)5)56(60)50-48-46-44-42-40-17-15-13-11-9-7-2/h8,10,14,16,19-20,22-23,25-26,28-29,31-32,34-35,37-38,40,42,48,50,55-56,60H,6-7,9,11-13,15,17-18,21,24,27,30,33,36,39,41,43-47,49,51-54H2,1-5H3,(H-,58,61,62,63)/p+1/b10-8-,16-14-,20-19-,23-22-,26-25-,29-28-,32-31-,35-34-,38-37-,42-40+,50-48+. The molecule has 0 aliphatic heterocycles. The number of unbranched alkanes of at least 4 members (excludes halogenated alkanes) is 11. The Kier molecular flexibility index (Phi) is 44.4. The van der Waals surface area contributed by atoms with E-state index in [2.05, 4.69) is 141 Å². The molecule has 3 N–H and O–H groups in total. The summed E-state index contributed by atoms with van der Waals surface area (Å²) in [6.45, 7) is 4.60. The van der Waals surface area contributed by atoms with Crippen molar-refractivity contribution < 1.29 is 32.9 Å². The summed E-state index contributed by atoms with van der Waals surface area (Å²) in [6.07, 6.45) is 71.2. The number of carbonyl (C=O) groups is 1. The number of hydrogen-bond acceptors (Lipinski definition) is 5. The van der Waals surface area contributed by atoms with Gasteiger partial charge in [-0.25, -0.2) is 4.57 Å². The van der Waals surface area contributed by atoms with Crippen LogP contribution in [0.5, 0.6) is 0 Å². The first-order valence-electron chi connectivity index (χ1n) is 25.6. The Morgan fingerprint density at radius 2 is 0.924 bits per heavy atom. The van der Waals surface area contributed by atoms with Gasteiger partial charge in [0, 0.05) is 6.42 Å². The summed E-state index contributed by atoms with van der Waals surface area (Å²) in [5.74, 6) is -0.215. The maximum Gasteiger partial charge on any atom is 0.472 e. The second-order valence-electron chi connectivity index (χ2n) is 17.8. The third-order valence-corrected chi connectivity index (χ3v) is 11.3. The van der Waals surface area contributed by atoms with Crippen LogP contribution in [0.1, 0.15) is 168 Å². The average Bonchev–Trinajstić information content (AvgIpc) is 3.28. The molecule has 1 amide bonds. The van der Waals surface area contributed by atoms with E-state index < -0.39 is 20.0 Å². The maximum atomic E-state index is 12.9. The van der Waals surface area contributed by atoms with Crippen molar-refractivity contribution in [2.24, 2.45) is 0 Å². The van der Waals surface area contributed by atoms with E-state index in [4.69, 9.17) is 9.05 Å². The van der Waals surface area contributed by atoms with Crippen LogP contribution in [0.15, 0.2) is 134 Å². The molecule has 0 aromatic carbocycles. The molecule has 3 atom stereocenters. The van der Waals surface area contributed by atoms with Crippen molar-refractivity contribution in [2.75, 3.05) is 40.9 Å². The monoisotopic (exact) mass is 936 g/mol. The second kappa shape index (κ2) is 46.7. The zero-order valence-electron chi connectivity index (χ0n) is 42.4. The Bertz CT molecular complexity index is 1530. The van der Waals surface area contributed by atoms with E-state index in [9.17, 15) is 19.4 Å². The Morgan fingerprint density at radius 3 is 1.39 bits per heavy atom. The first-order chi connectivity index (χ1) is 32.0. The molecule has 0 spiro atoms. The molecular weight excluding hydrogens is 840 g/mol. The Hall–Kier alpha value is -3.36. The van der Waals surface area contributed by atoms with E-state index in [0.29, 0.717) is 17.4 Å². The molecule has 374 valence electrons. The molecule has 0 rings (SSSR count). The Balaban J connectivity index is 4.27. The summed E-state index contributed by atoms with van der Waals surface area (Å²) in [6, 6.07) is -0.882. The van der Waals surface area contributed by atoms with Crippen molar-refractivity contribution in [3.05, 3.63) is 134 Å². The third kappa shape index (κ3) is 48.6. The van der Waals surface area contributed by atoms with Gasteiger partial charge in [-0.05, 0) is 103 Å². The highest BCUT2D eigenvalue weighted by atomic mass is 31.2. The van der Waals surface area contributed by atoms with Gasteiger partial charge in [0.2, 0.25) is 5.91 Å². The van der Waals surface area contributed by atoms with Gasteiger partial charge >= 0.3 is 7.82 Å². The molecule has 0 aromatic heterocycles. The molecule has 66 heavy (non-hydrogen) atoms. The fourth-order valence-electron chi connectivity index (χ4n) is 6.34. The lowest BCUT2D eigenvalue weighted by Crippen LogP contribution is -2.45. The first-order valence-corrected chi connectivity index (χ1v) is 27.1. The third-order valence-electron chi connectivity index (χ3n) is 10.4. The number of phosphoric acid groups is 1. The highest BCUT2D eigenvalue weighted by molar-refractivity contribution is 7.47. The minimum atomic E-state index is -4.36. The minimum Gasteiger partial charge on any atom is -0.387 e. The first kappa shape index (κ1) is 62.6. The van der Waals surface area contributed by atoms with E-state index in [-0.39, 0.29) is 19.1 Å². The fourth-order valence-corrected chi connectivity index (χ4v) is 7.08. The highest BCUT2D eigenvalue weighted by Gasteiger charge is 2.27. The highest BCUT2D eigenvalue weighted by Crippen LogP contribution is 2.43. The lowest BCUT2D eigenvalue weighted by Gasteiger charge is -2.25. The van der Waals surface area contributed by atoms with Crippen LogP contribution >= 0.6 is 7.82 Å². The van der Waals surface area contributed by atoms with Crippen LogP contribution in [0, 0.1) is 0 Å². The van der Waals surface area contributed by atoms with Crippen LogP contribution in [-0.2, 0) is 18.4 Å². The normalized spacial score (nSPS) is 15.2. The lowest BCUT2D eigenvalue weighted by atomic mass is 10.1. The van der Waals surface area contributed by atoms with Crippen LogP contribution in [0.2, 0.25) is 0 Å². The van der Waals surface area contributed by atoms with Gasteiger partial charge in [-0.2, -0.15) is 0 Å². The number of hydrogen-bond donors (Lipinski definition) is 3. The van der Waals surface area contributed by atoms with Crippen molar-refractivity contribution in [3.63, 3.8) is 0 Å². The van der Waals surface area contributed by atoms with Gasteiger partial charge in [-0.3, -0.25) is 13.8 Å². The molecular formula is C57H96N2O6P+. The molecule has 3 unspecified atom stereocenters. The number of amides is 1. The molecule has 8 nitrogen and oxygen atoms in total. The van der Waals surface area contributed by atoms with Gasteiger partial charge in [-0.1, -0.05) is 192 Å². The quantitative estimate of drug-likeness (QED) is 0.0243. The molecule has 0 aliphatic rings. The number of allylic oxidation sites excluding steroid dienone is 21. The summed E-state index contributed by atoms with van der Waals surface area (Å²) >= 11 is 0. The van der Waals surface area contributed by atoms with Crippen molar-refractivity contribution in [2.45, 2.75) is 180 Å². The van der Waals surface area contributed by atoms with Crippen molar-refractivity contribution in [1.82, 2.24) is 5.32 Å². The number of carbonyl (C=O) groups excluding carboxylic acids is 1. The smallest absolute Gasteiger partial charge is 0.387 e. The number of quaternary nitrogens is 1. The molecule has 0 aliphatic carbocycles. The molecule has 0 bridgehead atoms. The summed E-state index contributed by atoms with van der Waals surface area (Å²) in [7, 11) is 1.51. The molecule has 0 radical (unpaired) electrons. The number of rotatable bonds is 44. The fraction of sp³-hybridized carbons (Fsp3) is 0.596. The minimum absolute atomic E-state index is 0.0440. The Morgan fingerprint density at radius 1 is 0.530 bits per heavy atom. The molecule has 0 heterocycles. The van der Waals surface area contributed by atoms with Gasteiger partial charge in [0.15, 0.2) is 0 Å². The maximum absolute atomic E-state index is 12.9. The topological polar surface area (TPSA) is 105 Å². The van der Waals surface area contributed by atoms with Gasteiger partial charge in [0.25, 0.3) is 0 Å². The number of likely N-dealkylation sites (N-methyl/N-ethyl adjacent to an activating group) is 1. The van der Waals surface area contributed by atoms with E-state index in [1.54, 1.807) is 6.08 Å². The number of aliphatic hydroxyl groups is 1. The molecule has 0 saturated carbocycles. The zero-order valence-corrected chi connectivity index (χ0v) is 43.3. The van der Waals surface area contributed by atoms with E-state index in [1.165, 1.54) is 32.1 Å². The SMILES string of the molecule is CC/C=C\C/C=C\C/C=C\C/C=C\C/C=C\C/C=C\C/C=C\C/C=C\C/C=C\CCCCCCCC(=O)NC(COP(=O)(O)OCC[N+](C)(C)C)C(O)/C=C/CC/C=C/CCCCCCC. The van der Waals surface area contributed by atoms with Crippen LogP contribution in [0.3, 0.4) is 0 Å². The van der Waals surface area contributed by atoms with Crippen molar-refractivity contribution in [1.29, 1.82) is 0 Å². The van der Waals surface area contributed by atoms with Gasteiger partial charge in [0.05, 0.1) is 39.9 Å². The van der Waals surface area contributed by atoms with Crippen LogP contribution in [0.25, 0.3) is 0 Å². The zero-order chi connectivity index (χ0) is 48.5. The summed E-state index contributed by atoms with van der Waals surface area (Å²) in [5, 5.41) is 13.8. The van der Waals surface area contributed by atoms with E-state index in [0.717, 1.165) is 116 Å². The molecule has 0 fully saturated rings. The van der Waals surface area contributed by atoms with Crippen molar-refractivity contribution in [3.8, 4) is 0 Å². The number of nitrogens with zero attached hydrogens (tertiary/aromatic N) is 1. The molecule has 9 heteroatoms. The molecule has 0 aromatic rings. The number of phosphoric ester groups is 1. The van der Waals surface area contributed by atoms with E-state index in [1.807, 2.05) is 27.2 Å². The second-order valence-corrected chi connectivity index (χ2v) is 19.3. The summed E-state index contributed by atoms with van der Waals surface area (Å²) in [5.41, 5.74) is 0. The number of nitrogens with one attached hydrogen (secondary N) is 1. The van der Waals surface area contributed by atoms with Gasteiger partial charge in [-0.15, -0.1) is 0 Å². The molecule has 0 saturated heterocycles. The summed E-state index contributed by atoms with van der Waals surface area (Å²) in [4.78, 5) is 23.1. The predicted octanol–water partition coefficient (Wildman–Crippen LogP) is 15.2. The Labute approximate surface area is 405 Å².